The van der Waals surface area contributed by atoms with Gasteiger partial charge in [-0.05, 0) is 37.8 Å². The van der Waals surface area contributed by atoms with Crippen LogP contribution < -0.4 is 10.6 Å². The maximum atomic E-state index is 12.4. The lowest BCUT2D eigenvalue weighted by atomic mass is 9.74. The molecule has 0 aromatic heterocycles. The molecule has 2 heterocycles. The average Bonchev–Trinajstić information content (AvgIpc) is 2.62. The summed E-state index contributed by atoms with van der Waals surface area (Å²) in [5.74, 6) is 0.154. The van der Waals surface area contributed by atoms with Crippen LogP contribution in [0.2, 0.25) is 0 Å². The number of halogens is 1. The van der Waals surface area contributed by atoms with E-state index in [1.807, 2.05) is 6.07 Å². The molecular formula is C18H27ClN2O2. The van der Waals surface area contributed by atoms with Crippen molar-refractivity contribution in [1.82, 2.24) is 10.6 Å². The fourth-order valence-electron chi connectivity index (χ4n) is 3.58. The van der Waals surface area contributed by atoms with E-state index in [-0.39, 0.29) is 29.8 Å². The summed E-state index contributed by atoms with van der Waals surface area (Å²) in [4.78, 5) is 12.4. The molecule has 128 valence electrons. The molecule has 2 aliphatic heterocycles. The van der Waals surface area contributed by atoms with Crippen molar-refractivity contribution >= 4 is 18.3 Å². The van der Waals surface area contributed by atoms with Crippen molar-refractivity contribution in [1.29, 1.82) is 0 Å². The first kappa shape index (κ1) is 18.2. The first-order chi connectivity index (χ1) is 10.8. The Morgan fingerprint density at radius 1 is 1.22 bits per heavy atom. The summed E-state index contributed by atoms with van der Waals surface area (Å²) in [6.07, 6.45) is 5.20. The molecule has 5 heteroatoms. The maximum Gasteiger partial charge on any atom is 0.237 e. The Labute approximate surface area is 144 Å². The van der Waals surface area contributed by atoms with Gasteiger partial charge in [0.2, 0.25) is 5.91 Å². The number of ether oxygens (including phenoxy) is 1. The molecule has 0 aliphatic carbocycles. The van der Waals surface area contributed by atoms with Crippen LogP contribution in [-0.2, 0) is 14.9 Å². The highest BCUT2D eigenvalue weighted by atomic mass is 35.5. The predicted molar refractivity (Wildman–Crippen MR) is 94.1 cm³/mol. The molecule has 1 aromatic carbocycles. The van der Waals surface area contributed by atoms with Crippen LogP contribution in [0.5, 0.6) is 0 Å². The van der Waals surface area contributed by atoms with Gasteiger partial charge in [-0.1, -0.05) is 36.8 Å². The third-order valence-electron chi connectivity index (χ3n) is 5.06. The first-order valence-corrected chi connectivity index (χ1v) is 8.45. The van der Waals surface area contributed by atoms with Crippen LogP contribution >= 0.6 is 12.4 Å². The van der Waals surface area contributed by atoms with Crippen molar-refractivity contribution in [3.05, 3.63) is 35.9 Å². The highest BCUT2D eigenvalue weighted by Crippen LogP contribution is 2.34. The largest absolute Gasteiger partial charge is 0.381 e. The number of benzene rings is 1. The first-order valence-electron chi connectivity index (χ1n) is 8.45. The van der Waals surface area contributed by atoms with E-state index in [0.717, 1.165) is 45.4 Å². The predicted octanol–water partition coefficient (Wildman–Crippen LogP) is 2.41. The van der Waals surface area contributed by atoms with Crippen LogP contribution in [0.1, 0.15) is 37.7 Å². The van der Waals surface area contributed by atoms with Gasteiger partial charge in [0, 0.05) is 25.2 Å². The van der Waals surface area contributed by atoms with E-state index in [9.17, 15) is 4.79 Å². The molecule has 0 spiro atoms. The summed E-state index contributed by atoms with van der Waals surface area (Å²) in [6, 6.07) is 10.5. The van der Waals surface area contributed by atoms with Crippen molar-refractivity contribution in [3.63, 3.8) is 0 Å². The van der Waals surface area contributed by atoms with Gasteiger partial charge in [0.25, 0.3) is 0 Å². The summed E-state index contributed by atoms with van der Waals surface area (Å²) in [5, 5.41) is 6.53. The molecule has 2 fully saturated rings. The summed E-state index contributed by atoms with van der Waals surface area (Å²) in [5.41, 5.74) is 1.33. The molecular weight excluding hydrogens is 312 g/mol. The Hall–Kier alpha value is -1.10. The lowest BCUT2D eigenvalue weighted by Crippen LogP contribution is -2.51. The number of rotatable bonds is 4. The zero-order valence-corrected chi connectivity index (χ0v) is 14.4. The molecule has 4 nitrogen and oxygen atoms in total. The van der Waals surface area contributed by atoms with Crippen LogP contribution in [0, 0.1) is 0 Å². The molecule has 2 saturated heterocycles. The van der Waals surface area contributed by atoms with E-state index < -0.39 is 0 Å². The molecule has 2 aliphatic rings. The van der Waals surface area contributed by atoms with Crippen molar-refractivity contribution in [3.8, 4) is 0 Å². The second kappa shape index (κ2) is 8.67. The van der Waals surface area contributed by atoms with Crippen LogP contribution in [0.15, 0.2) is 30.3 Å². The average molecular weight is 339 g/mol. The summed E-state index contributed by atoms with van der Waals surface area (Å²) < 4.78 is 5.54. The zero-order chi connectivity index (χ0) is 15.3. The third kappa shape index (κ3) is 4.46. The quantitative estimate of drug-likeness (QED) is 0.886. The Bertz CT molecular complexity index is 483. The smallest absolute Gasteiger partial charge is 0.237 e. The number of carbonyl (C=O) groups is 1. The lowest BCUT2D eigenvalue weighted by Gasteiger charge is -2.38. The Morgan fingerprint density at radius 3 is 2.61 bits per heavy atom. The van der Waals surface area contributed by atoms with Gasteiger partial charge in [-0.25, -0.2) is 0 Å². The monoisotopic (exact) mass is 338 g/mol. The van der Waals surface area contributed by atoms with Gasteiger partial charge in [0.15, 0.2) is 0 Å². The van der Waals surface area contributed by atoms with Crippen LogP contribution in [0.4, 0.5) is 0 Å². The summed E-state index contributed by atoms with van der Waals surface area (Å²) in [7, 11) is 0. The second-order valence-corrected chi connectivity index (χ2v) is 6.48. The highest BCUT2D eigenvalue weighted by molar-refractivity contribution is 5.85. The van der Waals surface area contributed by atoms with Crippen LogP contribution in [0.25, 0.3) is 0 Å². The molecule has 23 heavy (non-hydrogen) atoms. The van der Waals surface area contributed by atoms with E-state index in [2.05, 4.69) is 34.9 Å². The minimum Gasteiger partial charge on any atom is -0.381 e. The van der Waals surface area contributed by atoms with Gasteiger partial charge < -0.3 is 15.4 Å². The standard InChI is InChI=1S/C18H26N2O2.ClH/c21-17(16-8-4-5-11-19-16)20-14-18(9-12-22-13-10-18)15-6-2-1-3-7-15;/h1-3,6-7,16,19H,4-5,8-14H2,(H,20,21);1H. The highest BCUT2D eigenvalue weighted by Gasteiger charge is 2.35. The summed E-state index contributed by atoms with van der Waals surface area (Å²) >= 11 is 0. The molecule has 0 bridgehead atoms. The van der Waals surface area contributed by atoms with Gasteiger partial charge in [-0.3, -0.25) is 4.79 Å². The molecule has 1 amide bonds. The van der Waals surface area contributed by atoms with Gasteiger partial charge in [-0.15, -0.1) is 12.4 Å². The minimum atomic E-state index is -0.0126. The van der Waals surface area contributed by atoms with Crippen LogP contribution in [-0.4, -0.2) is 38.3 Å². The maximum absolute atomic E-state index is 12.4. The Balaban J connectivity index is 0.00000192. The molecule has 2 N–H and O–H groups in total. The van der Waals surface area contributed by atoms with Crippen LogP contribution in [0.3, 0.4) is 0 Å². The molecule has 3 rings (SSSR count). The molecule has 0 radical (unpaired) electrons. The van der Waals surface area contributed by atoms with Crippen molar-refractivity contribution in [2.75, 3.05) is 26.3 Å². The number of nitrogens with one attached hydrogen (secondary N) is 2. The lowest BCUT2D eigenvalue weighted by molar-refractivity contribution is -0.124. The van der Waals surface area contributed by atoms with E-state index in [4.69, 9.17) is 4.74 Å². The zero-order valence-electron chi connectivity index (χ0n) is 13.6. The number of hydrogen-bond donors (Lipinski definition) is 2. The fraction of sp³-hybridized carbons (Fsp3) is 0.611. The van der Waals surface area contributed by atoms with E-state index in [0.29, 0.717) is 6.54 Å². The van der Waals surface area contributed by atoms with E-state index in [1.54, 1.807) is 0 Å². The molecule has 0 saturated carbocycles. The molecule has 1 atom stereocenters. The summed E-state index contributed by atoms with van der Waals surface area (Å²) in [6.45, 7) is 3.20. The van der Waals surface area contributed by atoms with Gasteiger partial charge in [-0.2, -0.15) is 0 Å². The number of carbonyl (C=O) groups excluding carboxylic acids is 1. The second-order valence-electron chi connectivity index (χ2n) is 6.48. The Kier molecular flexibility index (Phi) is 6.88. The van der Waals surface area contributed by atoms with Gasteiger partial charge >= 0.3 is 0 Å². The van der Waals surface area contributed by atoms with Crippen molar-refractivity contribution < 1.29 is 9.53 Å². The van der Waals surface area contributed by atoms with Crippen molar-refractivity contribution in [2.24, 2.45) is 0 Å². The SMILES string of the molecule is Cl.O=C(NCC1(c2ccccc2)CCOCC1)C1CCCCN1. The fourth-order valence-corrected chi connectivity index (χ4v) is 3.58. The molecule has 1 unspecified atom stereocenters. The van der Waals surface area contributed by atoms with Gasteiger partial charge in [0.1, 0.15) is 0 Å². The molecule has 1 aromatic rings. The number of hydrogen-bond acceptors (Lipinski definition) is 3. The van der Waals surface area contributed by atoms with E-state index in [1.165, 1.54) is 12.0 Å². The normalized spacial score (nSPS) is 23.6. The Morgan fingerprint density at radius 2 is 1.96 bits per heavy atom. The topological polar surface area (TPSA) is 50.4 Å². The van der Waals surface area contributed by atoms with Crippen molar-refractivity contribution in [2.45, 2.75) is 43.6 Å². The third-order valence-corrected chi connectivity index (χ3v) is 5.06. The number of piperidine rings is 1. The van der Waals surface area contributed by atoms with E-state index >= 15 is 0 Å². The van der Waals surface area contributed by atoms with Gasteiger partial charge in [0.05, 0.1) is 6.04 Å². The minimum absolute atomic E-state index is 0. The number of amides is 1.